The summed E-state index contributed by atoms with van der Waals surface area (Å²) in [5.41, 5.74) is 10.7. The van der Waals surface area contributed by atoms with E-state index in [1.54, 1.807) is 0 Å². The molecular formula is C42H29NS. The highest BCUT2D eigenvalue weighted by molar-refractivity contribution is 7.26. The number of nitrogens with zero attached hydrogens (tertiary/aromatic N) is 1. The fourth-order valence-electron chi connectivity index (χ4n) is 6.14. The van der Waals surface area contributed by atoms with Gasteiger partial charge >= 0.3 is 0 Å². The molecule has 0 aliphatic rings. The lowest BCUT2D eigenvalue weighted by atomic mass is 9.96. The minimum atomic E-state index is 1.12. The van der Waals surface area contributed by atoms with Crippen molar-refractivity contribution in [2.75, 3.05) is 4.90 Å². The van der Waals surface area contributed by atoms with E-state index < -0.39 is 0 Å². The molecule has 0 saturated heterocycles. The predicted molar refractivity (Wildman–Crippen MR) is 190 cm³/mol. The van der Waals surface area contributed by atoms with Crippen LogP contribution in [0, 0.1) is 0 Å². The first kappa shape index (κ1) is 26.2. The number of rotatable bonds is 6. The minimum absolute atomic E-state index is 1.12. The Morgan fingerprint density at radius 3 is 1.45 bits per heavy atom. The van der Waals surface area contributed by atoms with Crippen molar-refractivity contribution in [3.63, 3.8) is 0 Å². The summed E-state index contributed by atoms with van der Waals surface area (Å²) in [6.45, 7) is 0. The fraction of sp³-hybridized carbons (Fsp3) is 0. The Balaban J connectivity index is 1.35. The van der Waals surface area contributed by atoms with E-state index in [-0.39, 0.29) is 0 Å². The van der Waals surface area contributed by atoms with Crippen LogP contribution in [0.4, 0.5) is 17.1 Å². The number of hydrogen-bond acceptors (Lipinski definition) is 2. The highest BCUT2D eigenvalue weighted by atomic mass is 32.1. The zero-order valence-corrected chi connectivity index (χ0v) is 24.9. The lowest BCUT2D eigenvalue weighted by Gasteiger charge is -2.28. The Morgan fingerprint density at radius 1 is 0.341 bits per heavy atom. The van der Waals surface area contributed by atoms with Gasteiger partial charge in [0.25, 0.3) is 0 Å². The van der Waals surface area contributed by atoms with Crippen molar-refractivity contribution < 1.29 is 0 Å². The summed E-state index contributed by atoms with van der Waals surface area (Å²) in [4.78, 5) is 2.40. The third-order valence-electron chi connectivity index (χ3n) is 8.29. The van der Waals surface area contributed by atoms with Crippen LogP contribution in [-0.4, -0.2) is 0 Å². The van der Waals surface area contributed by atoms with Crippen molar-refractivity contribution in [2.45, 2.75) is 0 Å². The number of para-hydroxylation sites is 1. The summed E-state index contributed by atoms with van der Waals surface area (Å²) in [5.74, 6) is 0. The van der Waals surface area contributed by atoms with E-state index in [4.69, 9.17) is 0 Å². The number of fused-ring (bicyclic) bond motifs is 3. The molecular weight excluding hydrogens is 551 g/mol. The molecule has 1 nitrogen and oxygen atoms in total. The Morgan fingerprint density at radius 2 is 0.818 bits per heavy atom. The molecule has 0 unspecified atom stereocenters. The Bertz CT molecular complexity index is 2180. The minimum Gasteiger partial charge on any atom is -0.310 e. The number of thiophene rings is 1. The molecule has 208 valence electrons. The molecule has 0 spiro atoms. The maximum atomic E-state index is 2.40. The average Bonchev–Trinajstić information content (AvgIpc) is 3.49. The molecule has 44 heavy (non-hydrogen) atoms. The van der Waals surface area contributed by atoms with Crippen LogP contribution in [-0.2, 0) is 0 Å². The smallest absolute Gasteiger partial charge is 0.0554 e. The molecule has 8 aromatic rings. The van der Waals surface area contributed by atoms with Gasteiger partial charge in [0.15, 0.2) is 0 Å². The molecule has 0 radical (unpaired) electrons. The van der Waals surface area contributed by atoms with Crippen LogP contribution < -0.4 is 4.90 Å². The lowest BCUT2D eigenvalue weighted by Crippen LogP contribution is -2.11. The molecule has 8 rings (SSSR count). The average molecular weight is 580 g/mol. The van der Waals surface area contributed by atoms with E-state index in [2.05, 4.69) is 181 Å². The van der Waals surface area contributed by atoms with Gasteiger partial charge in [-0.3, -0.25) is 0 Å². The van der Waals surface area contributed by atoms with Gasteiger partial charge in [-0.1, -0.05) is 140 Å². The Kier molecular flexibility index (Phi) is 6.75. The monoisotopic (exact) mass is 579 g/mol. The summed E-state index contributed by atoms with van der Waals surface area (Å²) in [7, 11) is 0. The first-order valence-electron chi connectivity index (χ1n) is 14.9. The van der Waals surface area contributed by atoms with E-state index in [9.17, 15) is 0 Å². The molecule has 0 N–H and O–H groups in total. The summed E-state index contributed by atoms with van der Waals surface area (Å²) < 4.78 is 2.61. The molecule has 0 aliphatic carbocycles. The van der Waals surface area contributed by atoms with Crippen LogP contribution in [0.1, 0.15) is 0 Å². The second kappa shape index (κ2) is 11.3. The predicted octanol–water partition coefficient (Wildman–Crippen LogP) is 12.5. The first-order valence-corrected chi connectivity index (χ1v) is 15.8. The maximum Gasteiger partial charge on any atom is 0.0554 e. The van der Waals surface area contributed by atoms with E-state index in [0.717, 1.165) is 17.1 Å². The van der Waals surface area contributed by atoms with Gasteiger partial charge in [-0.2, -0.15) is 0 Å². The van der Waals surface area contributed by atoms with Crippen LogP contribution >= 0.6 is 11.3 Å². The zero-order valence-electron chi connectivity index (χ0n) is 24.1. The van der Waals surface area contributed by atoms with Crippen molar-refractivity contribution in [1.82, 2.24) is 0 Å². The third-order valence-corrected chi connectivity index (χ3v) is 9.50. The topological polar surface area (TPSA) is 3.24 Å². The maximum absolute atomic E-state index is 2.40. The lowest BCUT2D eigenvalue weighted by molar-refractivity contribution is 1.29. The van der Waals surface area contributed by atoms with Crippen molar-refractivity contribution in [3.05, 3.63) is 176 Å². The second-order valence-electron chi connectivity index (χ2n) is 11.0. The molecule has 0 saturated carbocycles. The zero-order chi connectivity index (χ0) is 29.3. The molecule has 1 heterocycles. The Labute approximate surface area is 261 Å². The van der Waals surface area contributed by atoms with Crippen molar-refractivity contribution >= 4 is 48.6 Å². The molecule has 7 aromatic carbocycles. The molecule has 0 atom stereocenters. The summed E-state index contributed by atoms with van der Waals surface area (Å²) in [6, 6.07) is 63.3. The standard InChI is InChI=1S/C42H29NS/c1-4-12-30(13-5-1)32-20-22-34(23-21-32)41-39(29-28-38-37-18-10-11-19-40(37)44-42(38)41)43(35-16-8-3-9-17-35)36-26-24-33(25-27-36)31-14-6-2-7-15-31/h1-29H. The third kappa shape index (κ3) is 4.76. The largest absolute Gasteiger partial charge is 0.310 e. The Hall–Kier alpha value is -5.44. The van der Waals surface area contributed by atoms with E-state index in [0.29, 0.717) is 0 Å². The number of anilines is 3. The van der Waals surface area contributed by atoms with Gasteiger partial charge in [-0.05, 0) is 64.2 Å². The number of benzene rings is 7. The van der Waals surface area contributed by atoms with Crippen LogP contribution in [0.2, 0.25) is 0 Å². The van der Waals surface area contributed by atoms with Gasteiger partial charge in [0.05, 0.1) is 5.69 Å². The van der Waals surface area contributed by atoms with E-state index >= 15 is 0 Å². The molecule has 0 amide bonds. The van der Waals surface area contributed by atoms with Crippen molar-refractivity contribution in [3.8, 4) is 33.4 Å². The molecule has 2 heteroatoms. The van der Waals surface area contributed by atoms with Crippen LogP contribution in [0.25, 0.3) is 53.6 Å². The van der Waals surface area contributed by atoms with E-state index in [1.165, 1.54) is 53.6 Å². The summed E-state index contributed by atoms with van der Waals surface area (Å²) >= 11 is 1.88. The van der Waals surface area contributed by atoms with Gasteiger partial charge in [0.2, 0.25) is 0 Å². The van der Waals surface area contributed by atoms with Gasteiger partial charge < -0.3 is 4.90 Å². The fourth-order valence-corrected chi connectivity index (χ4v) is 7.41. The van der Waals surface area contributed by atoms with E-state index in [1.807, 2.05) is 11.3 Å². The van der Waals surface area contributed by atoms with Crippen LogP contribution in [0.5, 0.6) is 0 Å². The van der Waals surface area contributed by atoms with Gasteiger partial charge in [-0.15, -0.1) is 11.3 Å². The van der Waals surface area contributed by atoms with Crippen molar-refractivity contribution in [2.24, 2.45) is 0 Å². The molecule has 0 fully saturated rings. The molecule has 0 bridgehead atoms. The quantitative estimate of drug-likeness (QED) is 0.189. The molecule has 0 aliphatic heterocycles. The van der Waals surface area contributed by atoms with Gasteiger partial charge in [-0.25, -0.2) is 0 Å². The SMILES string of the molecule is c1ccc(-c2ccc(-c3c(N(c4ccccc4)c4ccc(-c5ccccc5)cc4)ccc4c3sc3ccccc34)cc2)cc1. The van der Waals surface area contributed by atoms with Crippen LogP contribution in [0.3, 0.4) is 0 Å². The second-order valence-corrected chi connectivity index (χ2v) is 12.0. The van der Waals surface area contributed by atoms with Gasteiger partial charge in [0, 0.05) is 37.1 Å². The van der Waals surface area contributed by atoms with Crippen LogP contribution in [0.15, 0.2) is 176 Å². The summed E-state index contributed by atoms with van der Waals surface area (Å²) in [5, 5.41) is 2.60. The van der Waals surface area contributed by atoms with Gasteiger partial charge in [0.1, 0.15) is 0 Å². The number of hydrogen-bond donors (Lipinski definition) is 0. The first-order chi connectivity index (χ1) is 21.8. The molecule has 1 aromatic heterocycles. The highest BCUT2D eigenvalue weighted by Gasteiger charge is 2.21. The van der Waals surface area contributed by atoms with Crippen molar-refractivity contribution in [1.29, 1.82) is 0 Å². The normalized spacial score (nSPS) is 11.2. The highest BCUT2D eigenvalue weighted by Crippen LogP contribution is 2.48. The summed E-state index contributed by atoms with van der Waals surface area (Å²) in [6.07, 6.45) is 0.